The number of carbonyl (C=O) groups excluding carboxylic acids is 1. The van der Waals surface area contributed by atoms with Gasteiger partial charge in [0.15, 0.2) is 0 Å². The average molecular weight is 433 g/mol. The van der Waals surface area contributed by atoms with Gasteiger partial charge in [-0.05, 0) is 49.7 Å². The lowest BCUT2D eigenvalue weighted by atomic mass is 10.1. The van der Waals surface area contributed by atoms with Crippen LogP contribution in [0, 0.1) is 0 Å². The number of anilines is 2. The lowest BCUT2D eigenvalue weighted by molar-refractivity contribution is -0.117. The molecule has 0 aromatic heterocycles. The van der Waals surface area contributed by atoms with E-state index in [0.29, 0.717) is 42.5 Å². The molecule has 1 N–H and O–H groups in total. The molecule has 7 nitrogen and oxygen atoms in total. The Balaban J connectivity index is 2.28. The smallest absolute Gasteiger partial charge is 0.248 e. The van der Waals surface area contributed by atoms with Crippen LogP contribution in [0.25, 0.3) is 0 Å². The van der Waals surface area contributed by atoms with Gasteiger partial charge in [0.2, 0.25) is 15.9 Å². The second kappa shape index (κ2) is 10.7. The Morgan fingerprint density at radius 3 is 2.40 bits per heavy atom. The number of rotatable bonds is 11. The molecule has 8 heteroatoms. The van der Waals surface area contributed by atoms with E-state index < -0.39 is 22.0 Å². The van der Waals surface area contributed by atoms with Gasteiger partial charge in [-0.15, -0.1) is 0 Å². The third-order valence-corrected chi connectivity index (χ3v) is 5.38. The van der Waals surface area contributed by atoms with Crippen LogP contribution in [0.15, 0.2) is 61.2 Å². The molecule has 30 heavy (non-hydrogen) atoms. The molecule has 0 heterocycles. The van der Waals surface area contributed by atoms with Crippen LogP contribution in [0.1, 0.15) is 20.3 Å². The first-order valence-corrected chi connectivity index (χ1v) is 11.5. The molecule has 0 spiro atoms. The van der Waals surface area contributed by atoms with E-state index in [0.717, 1.165) is 10.6 Å². The molecular weight excluding hydrogens is 404 g/mol. The molecule has 0 radical (unpaired) electrons. The van der Waals surface area contributed by atoms with Gasteiger partial charge >= 0.3 is 0 Å². The Kier molecular flexibility index (Phi) is 8.29. The summed E-state index contributed by atoms with van der Waals surface area (Å²) in [5.41, 5.74) is 0.908. The quantitative estimate of drug-likeness (QED) is 0.546. The Hall–Kier alpha value is -3.00. The van der Waals surface area contributed by atoms with E-state index in [1.165, 1.54) is 0 Å². The van der Waals surface area contributed by atoms with Crippen LogP contribution in [0.3, 0.4) is 0 Å². The third-order valence-electron chi connectivity index (χ3n) is 4.20. The number of sulfonamides is 1. The van der Waals surface area contributed by atoms with Crippen molar-refractivity contribution < 1.29 is 22.7 Å². The summed E-state index contributed by atoms with van der Waals surface area (Å²) in [5, 5.41) is 2.79. The maximum absolute atomic E-state index is 13.0. The summed E-state index contributed by atoms with van der Waals surface area (Å²) in [6, 6.07) is 12.6. The number of nitrogens with one attached hydrogen (secondary N) is 1. The van der Waals surface area contributed by atoms with Crippen molar-refractivity contribution in [2.24, 2.45) is 0 Å². The zero-order valence-electron chi connectivity index (χ0n) is 17.5. The number of ether oxygens (including phenoxy) is 2. The highest BCUT2D eigenvalue weighted by atomic mass is 32.2. The lowest BCUT2D eigenvalue weighted by Crippen LogP contribution is -2.47. The number of hydrogen-bond acceptors (Lipinski definition) is 5. The van der Waals surface area contributed by atoms with Crippen LogP contribution in [0.5, 0.6) is 11.5 Å². The Labute approximate surface area is 178 Å². The van der Waals surface area contributed by atoms with Gasteiger partial charge in [-0.2, -0.15) is 0 Å². The largest absolute Gasteiger partial charge is 0.494 e. The summed E-state index contributed by atoms with van der Waals surface area (Å²) in [6.07, 6.45) is 3.00. The predicted molar refractivity (Wildman–Crippen MR) is 120 cm³/mol. The second-order valence-corrected chi connectivity index (χ2v) is 8.39. The Morgan fingerprint density at radius 2 is 1.83 bits per heavy atom. The first-order chi connectivity index (χ1) is 14.3. The van der Waals surface area contributed by atoms with Gasteiger partial charge in [0.1, 0.15) is 24.1 Å². The van der Waals surface area contributed by atoms with Crippen LogP contribution in [0.4, 0.5) is 11.4 Å². The average Bonchev–Trinajstić information content (AvgIpc) is 2.70. The molecule has 2 aromatic carbocycles. The van der Waals surface area contributed by atoms with Crippen LogP contribution >= 0.6 is 0 Å². The molecular formula is C22H28N2O5S. The molecule has 2 aromatic rings. The van der Waals surface area contributed by atoms with Gasteiger partial charge in [-0.1, -0.05) is 25.6 Å². The second-order valence-electron chi connectivity index (χ2n) is 6.53. The highest BCUT2D eigenvalue weighted by Crippen LogP contribution is 2.26. The molecule has 1 atom stereocenters. The van der Waals surface area contributed by atoms with Gasteiger partial charge in [0.05, 0.1) is 18.6 Å². The summed E-state index contributed by atoms with van der Waals surface area (Å²) in [5.74, 6) is 0.772. The van der Waals surface area contributed by atoms with Crippen molar-refractivity contribution in [1.29, 1.82) is 0 Å². The number of carbonyl (C=O) groups is 1. The molecule has 2 rings (SSSR count). The minimum atomic E-state index is -3.72. The molecule has 0 bridgehead atoms. The fourth-order valence-corrected chi connectivity index (χ4v) is 4.17. The third kappa shape index (κ3) is 6.25. The molecule has 1 unspecified atom stereocenters. The van der Waals surface area contributed by atoms with Gasteiger partial charge in [-0.3, -0.25) is 9.10 Å². The topological polar surface area (TPSA) is 84.9 Å². The van der Waals surface area contributed by atoms with Crippen LogP contribution < -0.4 is 19.1 Å². The first-order valence-electron chi connectivity index (χ1n) is 9.67. The molecule has 0 saturated heterocycles. The van der Waals surface area contributed by atoms with Gasteiger partial charge in [0, 0.05) is 11.8 Å². The zero-order chi connectivity index (χ0) is 22.1. The number of amides is 1. The number of hydrogen-bond donors (Lipinski definition) is 1. The van der Waals surface area contributed by atoms with Gasteiger partial charge in [-0.25, -0.2) is 8.42 Å². The minimum Gasteiger partial charge on any atom is -0.494 e. The molecule has 0 aliphatic carbocycles. The number of nitrogens with zero attached hydrogens (tertiary/aromatic N) is 1. The molecule has 162 valence electrons. The van der Waals surface area contributed by atoms with Gasteiger partial charge in [0.25, 0.3) is 0 Å². The molecule has 0 fully saturated rings. The summed E-state index contributed by atoms with van der Waals surface area (Å²) in [6.45, 7) is 8.08. The first kappa shape index (κ1) is 23.3. The Morgan fingerprint density at radius 1 is 1.13 bits per heavy atom. The van der Waals surface area contributed by atoms with Crippen molar-refractivity contribution in [3.8, 4) is 11.5 Å². The van der Waals surface area contributed by atoms with E-state index in [-0.39, 0.29) is 0 Å². The van der Waals surface area contributed by atoms with Crippen molar-refractivity contribution in [3.63, 3.8) is 0 Å². The molecule has 0 aliphatic heterocycles. The van der Waals surface area contributed by atoms with E-state index in [1.54, 1.807) is 61.5 Å². The van der Waals surface area contributed by atoms with Crippen LogP contribution in [-0.4, -0.2) is 39.8 Å². The molecule has 0 aliphatic rings. The van der Waals surface area contributed by atoms with Crippen molar-refractivity contribution in [2.45, 2.75) is 26.3 Å². The van der Waals surface area contributed by atoms with Crippen LogP contribution in [-0.2, 0) is 14.8 Å². The zero-order valence-corrected chi connectivity index (χ0v) is 18.3. The van der Waals surface area contributed by atoms with Crippen molar-refractivity contribution in [1.82, 2.24) is 0 Å². The van der Waals surface area contributed by atoms with E-state index in [9.17, 15) is 13.2 Å². The van der Waals surface area contributed by atoms with E-state index in [4.69, 9.17) is 9.47 Å². The fourth-order valence-electron chi connectivity index (χ4n) is 2.96. The SMILES string of the molecule is C=CCOc1cccc(NC(=O)C(CC)N(c2ccc(OCC)cc2)S(C)(=O)=O)c1. The highest BCUT2D eigenvalue weighted by molar-refractivity contribution is 7.92. The Bertz CT molecular complexity index is 958. The highest BCUT2D eigenvalue weighted by Gasteiger charge is 2.31. The maximum Gasteiger partial charge on any atom is 0.248 e. The standard InChI is InChI=1S/C22H28N2O5S/c1-5-15-29-20-10-8-9-17(16-20)23-22(25)21(6-2)24(30(4,26)27)18-11-13-19(14-12-18)28-7-3/h5,8-14,16,21H,1,6-7,15H2,2-4H3,(H,23,25). The van der Waals surface area contributed by atoms with Crippen LogP contribution in [0.2, 0.25) is 0 Å². The predicted octanol–water partition coefficient (Wildman–Crippen LogP) is 3.83. The summed E-state index contributed by atoms with van der Waals surface area (Å²) in [4.78, 5) is 13.0. The summed E-state index contributed by atoms with van der Waals surface area (Å²) >= 11 is 0. The van der Waals surface area contributed by atoms with Gasteiger partial charge < -0.3 is 14.8 Å². The number of benzene rings is 2. The summed E-state index contributed by atoms with van der Waals surface area (Å²) < 4.78 is 37.1. The van der Waals surface area contributed by atoms with Crippen molar-refractivity contribution in [2.75, 3.05) is 29.1 Å². The van der Waals surface area contributed by atoms with E-state index in [1.807, 2.05) is 6.92 Å². The van der Waals surface area contributed by atoms with E-state index in [2.05, 4.69) is 11.9 Å². The molecule has 1 amide bonds. The minimum absolute atomic E-state index is 0.290. The molecule has 0 saturated carbocycles. The van der Waals surface area contributed by atoms with Crippen molar-refractivity contribution in [3.05, 3.63) is 61.2 Å². The summed E-state index contributed by atoms with van der Waals surface area (Å²) in [7, 11) is -3.72. The van der Waals surface area contributed by atoms with Crippen molar-refractivity contribution >= 4 is 27.3 Å². The van der Waals surface area contributed by atoms with E-state index >= 15 is 0 Å². The monoisotopic (exact) mass is 432 g/mol. The fraction of sp³-hybridized carbons (Fsp3) is 0.318. The lowest BCUT2D eigenvalue weighted by Gasteiger charge is -2.30. The maximum atomic E-state index is 13.0. The normalized spacial score (nSPS) is 12.0.